The standard InChI is InChI=1S/C24H25N7O/c1-2-31-24-22(27-28-31)23(25-17-26-24)30-14-12-29(13-15-30)21(32)16-18-8-10-20(11-9-18)19-6-4-3-5-7-19/h3-11,17H,2,12-16H2,1H3. The second kappa shape index (κ2) is 8.74. The summed E-state index contributed by atoms with van der Waals surface area (Å²) in [6.07, 6.45) is 1.97. The molecule has 2 aromatic heterocycles. The van der Waals surface area contributed by atoms with E-state index in [0.29, 0.717) is 44.7 Å². The lowest BCUT2D eigenvalue weighted by Gasteiger charge is -2.35. The largest absolute Gasteiger partial charge is 0.351 e. The summed E-state index contributed by atoms with van der Waals surface area (Å²) >= 11 is 0. The van der Waals surface area contributed by atoms with E-state index in [1.165, 1.54) is 5.56 Å². The van der Waals surface area contributed by atoms with Crippen LogP contribution in [0.1, 0.15) is 12.5 Å². The van der Waals surface area contributed by atoms with Gasteiger partial charge in [-0.2, -0.15) is 0 Å². The lowest BCUT2D eigenvalue weighted by atomic mass is 10.0. The van der Waals surface area contributed by atoms with Crippen molar-refractivity contribution in [3.63, 3.8) is 0 Å². The van der Waals surface area contributed by atoms with Crippen molar-refractivity contribution in [2.45, 2.75) is 19.9 Å². The molecular weight excluding hydrogens is 402 g/mol. The molecule has 0 N–H and O–H groups in total. The van der Waals surface area contributed by atoms with Crippen LogP contribution in [0.3, 0.4) is 0 Å². The van der Waals surface area contributed by atoms with Crippen molar-refractivity contribution in [3.05, 3.63) is 66.5 Å². The van der Waals surface area contributed by atoms with Crippen LogP contribution in [0.15, 0.2) is 60.9 Å². The van der Waals surface area contributed by atoms with E-state index < -0.39 is 0 Å². The lowest BCUT2D eigenvalue weighted by Crippen LogP contribution is -2.49. The first-order valence-corrected chi connectivity index (χ1v) is 10.9. The predicted molar refractivity (Wildman–Crippen MR) is 123 cm³/mol. The first kappa shape index (κ1) is 20.1. The summed E-state index contributed by atoms with van der Waals surface area (Å²) in [6, 6.07) is 18.5. The van der Waals surface area contributed by atoms with E-state index in [0.717, 1.165) is 22.6 Å². The van der Waals surface area contributed by atoms with Gasteiger partial charge in [-0.1, -0.05) is 59.8 Å². The summed E-state index contributed by atoms with van der Waals surface area (Å²) in [5.74, 6) is 0.945. The number of aromatic nitrogens is 5. The Morgan fingerprint density at radius 1 is 0.906 bits per heavy atom. The third-order valence-corrected chi connectivity index (χ3v) is 5.93. The molecule has 0 radical (unpaired) electrons. The van der Waals surface area contributed by atoms with Crippen LogP contribution in [0.5, 0.6) is 0 Å². The van der Waals surface area contributed by atoms with Gasteiger partial charge in [0.1, 0.15) is 6.33 Å². The highest BCUT2D eigenvalue weighted by atomic mass is 16.2. The van der Waals surface area contributed by atoms with Crippen LogP contribution < -0.4 is 4.90 Å². The molecule has 5 rings (SSSR count). The third-order valence-electron chi connectivity index (χ3n) is 5.93. The van der Waals surface area contributed by atoms with Crippen molar-refractivity contribution in [1.29, 1.82) is 0 Å². The topological polar surface area (TPSA) is 80.0 Å². The Balaban J connectivity index is 1.21. The molecule has 0 spiro atoms. The van der Waals surface area contributed by atoms with Crippen LogP contribution in [0.25, 0.3) is 22.3 Å². The fourth-order valence-corrected chi connectivity index (χ4v) is 4.12. The average molecular weight is 428 g/mol. The highest BCUT2D eigenvalue weighted by Crippen LogP contribution is 2.22. The van der Waals surface area contributed by atoms with Gasteiger partial charge in [0.25, 0.3) is 0 Å². The van der Waals surface area contributed by atoms with Gasteiger partial charge in [-0.15, -0.1) is 5.10 Å². The van der Waals surface area contributed by atoms with E-state index in [1.54, 1.807) is 11.0 Å². The Bertz CT molecular complexity index is 1210. The Labute approximate surface area is 186 Å². The van der Waals surface area contributed by atoms with Crippen molar-refractivity contribution < 1.29 is 4.79 Å². The predicted octanol–water partition coefficient (Wildman–Crippen LogP) is 2.80. The fraction of sp³-hybridized carbons (Fsp3) is 0.292. The number of piperazine rings is 1. The molecule has 1 aliphatic heterocycles. The number of anilines is 1. The zero-order valence-corrected chi connectivity index (χ0v) is 18.1. The summed E-state index contributed by atoms with van der Waals surface area (Å²) < 4.78 is 1.77. The molecule has 32 heavy (non-hydrogen) atoms. The van der Waals surface area contributed by atoms with Crippen LogP contribution >= 0.6 is 0 Å². The molecular formula is C24H25N7O. The Hall–Kier alpha value is -3.81. The second-order valence-corrected chi connectivity index (χ2v) is 7.88. The van der Waals surface area contributed by atoms with Crippen LogP contribution in [0.2, 0.25) is 0 Å². The Kier molecular flexibility index (Phi) is 5.49. The number of rotatable bonds is 5. The quantitative estimate of drug-likeness (QED) is 0.487. The molecule has 0 aliphatic carbocycles. The fourth-order valence-electron chi connectivity index (χ4n) is 4.12. The molecule has 3 heterocycles. The smallest absolute Gasteiger partial charge is 0.227 e. The molecule has 2 aromatic carbocycles. The van der Waals surface area contributed by atoms with Gasteiger partial charge < -0.3 is 9.80 Å². The van der Waals surface area contributed by atoms with Crippen molar-refractivity contribution in [2.75, 3.05) is 31.1 Å². The number of fused-ring (bicyclic) bond motifs is 1. The summed E-state index contributed by atoms with van der Waals surface area (Å²) in [5, 5.41) is 8.43. The maximum absolute atomic E-state index is 12.9. The van der Waals surface area contributed by atoms with Crippen LogP contribution in [0.4, 0.5) is 5.82 Å². The SMILES string of the molecule is CCn1nnc2c(N3CCN(C(=O)Cc4ccc(-c5ccccc5)cc4)CC3)ncnc21. The molecule has 8 nitrogen and oxygen atoms in total. The Morgan fingerprint density at radius 2 is 1.62 bits per heavy atom. The summed E-state index contributed by atoms with van der Waals surface area (Å²) in [5.41, 5.74) is 4.83. The number of amides is 1. The van der Waals surface area contributed by atoms with E-state index in [1.807, 2.05) is 42.2 Å². The number of hydrogen-bond acceptors (Lipinski definition) is 6. The van der Waals surface area contributed by atoms with Gasteiger partial charge in [-0.3, -0.25) is 4.79 Å². The van der Waals surface area contributed by atoms with Gasteiger partial charge in [0.2, 0.25) is 5.91 Å². The minimum Gasteiger partial charge on any atom is -0.351 e. The summed E-state index contributed by atoms with van der Waals surface area (Å²) in [7, 11) is 0. The van der Waals surface area contributed by atoms with Gasteiger partial charge in [-0.25, -0.2) is 14.6 Å². The minimum atomic E-state index is 0.155. The van der Waals surface area contributed by atoms with Gasteiger partial charge in [-0.05, 0) is 23.6 Å². The van der Waals surface area contributed by atoms with Crippen LogP contribution in [-0.2, 0) is 17.8 Å². The monoisotopic (exact) mass is 427 g/mol. The van der Waals surface area contributed by atoms with Gasteiger partial charge in [0, 0.05) is 32.7 Å². The number of hydrogen-bond donors (Lipinski definition) is 0. The van der Waals surface area contributed by atoms with Crippen molar-refractivity contribution in [2.24, 2.45) is 0 Å². The molecule has 1 saturated heterocycles. The number of benzene rings is 2. The zero-order valence-electron chi connectivity index (χ0n) is 18.1. The average Bonchev–Trinajstić information content (AvgIpc) is 3.28. The second-order valence-electron chi connectivity index (χ2n) is 7.88. The molecule has 162 valence electrons. The van der Waals surface area contributed by atoms with E-state index >= 15 is 0 Å². The number of aryl methyl sites for hydroxylation is 1. The highest BCUT2D eigenvalue weighted by Gasteiger charge is 2.24. The third kappa shape index (κ3) is 3.91. The van der Waals surface area contributed by atoms with Crippen molar-refractivity contribution in [3.8, 4) is 11.1 Å². The zero-order chi connectivity index (χ0) is 21.9. The molecule has 1 aliphatic rings. The molecule has 1 fully saturated rings. The van der Waals surface area contributed by atoms with Gasteiger partial charge in [0.15, 0.2) is 17.0 Å². The molecule has 0 atom stereocenters. The molecule has 8 heteroatoms. The molecule has 1 amide bonds. The normalized spacial score (nSPS) is 14.2. The molecule has 4 aromatic rings. The number of carbonyl (C=O) groups excluding carboxylic acids is 1. The van der Waals surface area contributed by atoms with Crippen LogP contribution in [-0.4, -0.2) is 61.9 Å². The van der Waals surface area contributed by atoms with E-state index in [-0.39, 0.29) is 5.91 Å². The van der Waals surface area contributed by atoms with Gasteiger partial charge >= 0.3 is 0 Å². The van der Waals surface area contributed by atoms with Crippen molar-refractivity contribution >= 4 is 22.9 Å². The van der Waals surface area contributed by atoms with E-state index in [2.05, 4.69) is 49.4 Å². The highest BCUT2D eigenvalue weighted by molar-refractivity contribution is 5.83. The maximum atomic E-state index is 12.9. The van der Waals surface area contributed by atoms with E-state index in [9.17, 15) is 4.79 Å². The maximum Gasteiger partial charge on any atom is 0.227 e. The molecule has 0 saturated carbocycles. The summed E-state index contributed by atoms with van der Waals surface area (Å²) in [4.78, 5) is 25.7. The van der Waals surface area contributed by atoms with Gasteiger partial charge in [0.05, 0.1) is 6.42 Å². The number of carbonyl (C=O) groups is 1. The van der Waals surface area contributed by atoms with E-state index in [4.69, 9.17) is 0 Å². The summed E-state index contributed by atoms with van der Waals surface area (Å²) in [6.45, 7) is 5.47. The Morgan fingerprint density at radius 3 is 2.34 bits per heavy atom. The first-order chi connectivity index (χ1) is 15.7. The first-order valence-electron chi connectivity index (χ1n) is 10.9. The minimum absolute atomic E-state index is 0.155. The van der Waals surface area contributed by atoms with Crippen molar-refractivity contribution in [1.82, 2.24) is 29.9 Å². The lowest BCUT2D eigenvalue weighted by molar-refractivity contribution is -0.130. The van der Waals surface area contributed by atoms with Crippen LogP contribution in [0, 0.1) is 0 Å². The molecule has 0 bridgehead atoms. The molecule has 0 unspecified atom stereocenters. The number of nitrogens with zero attached hydrogens (tertiary/aromatic N) is 7.